The molecule has 2 aliphatic carbocycles. The summed E-state index contributed by atoms with van der Waals surface area (Å²) in [6.45, 7) is 18.4. The maximum atomic E-state index is 7.17. The number of para-hydroxylation sites is 1. The highest BCUT2D eigenvalue weighted by molar-refractivity contribution is 6.12. The highest BCUT2D eigenvalue weighted by Crippen LogP contribution is 2.54. The number of rotatable bonds is 5. The molecule has 0 saturated heterocycles. The summed E-state index contributed by atoms with van der Waals surface area (Å²) in [5.41, 5.74) is 22.0. The molecule has 0 fully saturated rings. The van der Waals surface area contributed by atoms with Crippen LogP contribution in [0, 0.1) is 13.8 Å². The molecule has 0 aliphatic heterocycles. The first-order chi connectivity index (χ1) is 26.4. The minimum Gasteiger partial charge on any atom is -0.454 e. The zero-order valence-electron chi connectivity index (χ0n) is 33.1. The fraction of sp³-hybridized carbons (Fsp3) is 0.208. The van der Waals surface area contributed by atoms with Crippen LogP contribution >= 0.6 is 0 Å². The summed E-state index contributed by atoms with van der Waals surface area (Å²) in [6.07, 6.45) is 0. The van der Waals surface area contributed by atoms with Gasteiger partial charge in [-0.1, -0.05) is 138 Å². The van der Waals surface area contributed by atoms with Crippen molar-refractivity contribution in [2.24, 2.45) is 0 Å². The van der Waals surface area contributed by atoms with Gasteiger partial charge >= 0.3 is 0 Å². The molecule has 0 amide bonds. The lowest BCUT2D eigenvalue weighted by molar-refractivity contribution is 0.656. The Labute approximate surface area is 325 Å². The Hall–Kier alpha value is -5.86. The largest absolute Gasteiger partial charge is 0.454 e. The summed E-state index contributed by atoms with van der Waals surface area (Å²) >= 11 is 0. The summed E-state index contributed by atoms with van der Waals surface area (Å²) in [7, 11) is 0. The van der Waals surface area contributed by atoms with Gasteiger partial charge in [0, 0.05) is 33.0 Å². The molecule has 2 aliphatic rings. The highest BCUT2D eigenvalue weighted by Gasteiger charge is 2.38. The van der Waals surface area contributed by atoms with Crippen LogP contribution in [0.3, 0.4) is 0 Å². The van der Waals surface area contributed by atoms with E-state index in [2.05, 4.69) is 194 Å². The van der Waals surface area contributed by atoms with Crippen molar-refractivity contribution in [3.05, 3.63) is 172 Å². The first-order valence-electron chi connectivity index (χ1n) is 19.8. The van der Waals surface area contributed by atoms with Gasteiger partial charge in [-0.05, 0) is 129 Å². The lowest BCUT2D eigenvalue weighted by atomic mass is 9.82. The van der Waals surface area contributed by atoms with Crippen LogP contribution in [0.15, 0.2) is 138 Å². The second-order valence-corrected chi connectivity index (χ2v) is 17.3. The first-order valence-corrected chi connectivity index (χ1v) is 19.8. The van der Waals surface area contributed by atoms with Crippen molar-refractivity contribution in [3.63, 3.8) is 0 Å². The highest BCUT2D eigenvalue weighted by atomic mass is 16.3. The Morgan fingerprint density at radius 2 is 1.05 bits per heavy atom. The first kappa shape index (κ1) is 33.7. The zero-order valence-corrected chi connectivity index (χ0v) is 33.1. The standard InChI is InChI=1S/C53H47NO/c1-31(2)43-27-34(37-23-20-32(3)26-33(37)4)28-44-42-16-13-19-49(51(42)55-50(43)44)54(35-21-24-40-38-14-9-11-17-45(38)52(5,6)47(40)29-35)36-22-25-41-39-15-10-12-18-46(39)53(7,8)48(41)30-36/h9-31H,1-8H3. The fourth-order valence-corrected chi connectivity index (χ4v) is 9.90. The predicted molar refractivity (Wildman–Crippen MR) is 233 cm³/mol. The van der Waals surface area contributed by atoms with E-state index < -0.39 is 0 Å². The molecule has 0 N–H and O–H groups in total. The second-order valence-electron chi connectivity index (χ2n) is 17.3. The number of aryl methyl sites for hydroxylation is 2. The predicted octanol–water partition coefficient (Wildman–Crippen LogP) is 15.1. The van der Waals surface area contributed by atoms with Gasteiger partial charge in [-0.2, -0.15) is 0 Å². The number of nitrogens with zero attached hydrogens (tertiary/aromatic N) is 1. The molecule has 10 rings (SSSR count). The Morgan fingerprint density at radius 3 is 1.64 bits per heavy atom. The molecule has 0 bridgehead atoms. The molecule has 2 nitrogen and oxygen atoms in total. The number of anilines is 3. The lowest BCUT2D eigenvalue weighted by Gasteiger charge is -2.29. The van der Waals surface area contributed by atoms with Crippen molar-refractivity contribution in [2.75, 3.05) is 4.90 Å². The second kappa shape index (κ2) is 11.8. The average molecular weight is 714 g/mol. The Bertz CT molecular complexity index is 2770. The average Bonchev–Trinajstić information content (AvgIpc) is 3.75. The van der Waals surface area contributed by atoms with Crippen LogP contribution < -0.4 is 4.90 Å². The van der Waals surface area contributed by atoms with Crippen molar-refractivity contribution in [2.45, 2.75) is 72.1 Å². The molecule has 270 valence electrons. The summed E-state index contributed by atoms with van der Waals surface area (Å²) in [6, 6.07) is 50.1. The van der Waals surface area contributed by atoms with Gasteiger partial charge in [-0.15, -0.1) is 0 Å². The maximum Gasteiger partial charge on any atom is 0.159 e. The molecule has 1 heterocycles. The van der Waals surface area contributed by atoms with Gasteiger partial charge in [0.2, 0.25) is 0 Å². The van der Waals surface area contributed by atoms with Gasteiger partial charge in [0.15, 0.2) is 5.58 Å². The SMILES string of the molecule is Cc1ccc(-c2cc(C(C)C)c3oc4c(N(c5ccc6c(c5)C(C)(C)c5ccccc5-6)c5ccc6c(c5)C(C)(C)c5ccccc5-6)cccc4c3c2)c(C)c1. The Balaban J connectivity index is 1.23. The van der Waals surface area contributed by atoms with E-state index in [1.807, 2.05) is 0 Å². The molecule has 1 aromatic heterocycles. The number of fused-ring (bicyclic) bond motifs is 9. The van der Waals surface area contributed by atoms with Gasteiger partial charge in [0.05, 0.1) is 5.69 Å². The van der Waals surface area contributed by atoms with Crippen LogP contribution in [-0.4, -0.2) is 0 Å². The quantitative estimate of drug-likeness (QED) is 0.177. The summed E-state index contributed by atoms with van der Waals surface area (Å²) in [4.78, 5) is 2.45. The molecule has 55 heavy (non-hydrogen) atoms. The summed E-state index contributed by atoms with van der Waals surface area (Å²) < 4.78 is 7.17. The maximum absolute atomic E-state index is 7.17. The minimum absolute atomic E-state index is 0.128. The van der Waals surface area contributed by atoms with Crippen molar-refractivity contribution in [3.8, 4) is 33.4 Å². The molecule has 0 atom stereocenters. The zero-order chi connectivity index (χ0) is 38.0. The number of hydrogen-bond donors (Lipinski definition) is 0. The topological polar surface area (TPSA) is 16.4 Å². The van der Waals surface area contributed by atoms with Crippen molar-refractivity contribution in [1.82, 2.24) is 0 Å². The van der Waals surface area contributed by atoms with E-state index in [9.17, 15) is 0 Å². The normalized spacial score (nSPS) is 14.6. The molecular weight excluding hydrogens is 667 g/mol. The molecule has 0 unspecified atom stereocenters. The molecule has 7 aromatic carbocycles. The van der Waals surface area contributed by atoms with Crippen molar-refractivity contribution < 1.29 is 4.42 Å². The monoisotopic (exact) mass is 713 g/mol. The molecule has 0 radical (unpaired) electrons. The molecule has 0 spiro atoms. The Kier molecular flexibility index (Phi) is 7.24. The lowest BCUT2D eigenvalue weighted by Crippen LogP contribution is -2.18. The molecule has 2 heteroatoms. The third-order valence-corrected chi connectivity index (χ3v) is 12.8. The van der Waals surface area contributed by atoms with Crippen LogP contribution in [0.1, 0.15) is 86.4 Å². The van der Waals surface area contributed by atoms with Crippen molar-refractivity contribution in [1.29, 1.82) is 0 Å². The Morgan fingerprint density at radius 1 is 0.491 bits per heavy atom. The van der Waals surface area contributed by atoms with Gasteiger partial charge in [-0.3, -0.25) is 0 Å². The molecular formula is C53H47NO. The number of hydrogen-bond acceptors (Lipinski definition) is 2. The fourth-order valence-electron chi connectivity index (χ4n) is 9.90. The van der Waals surface area contributed by atoms with E-state index in [0.717, 1.165) is 39.0 Å². The van der Waals surface area contributed by atoms with Crippen LogP contribution in [0.5, 0.6) is 0 Å². The van der Waals surface area contributed by atoms with Crippen LogP contribution in [0.4, 0.5) is 17.1 Å². The van der Waals surface area contributed by atoms with Crippen LogP contribution in [0.25, 0.3) is 55.3 Å². The van der Waals surface area contributed by atoms with Gasteiger partial charge in [-0.25, -0.2) is 0 Å². The van der Waals surface area contributed by atoms with E-state index in [4.69, 9.17) is 4.42 Å². The van der Waals surface area contributed by atoms with Gasteiger partial charge in [0.25, 0.3) is 0 Å². The number of benzene rings is 7. The third kappa shape index (κ3) is 4.87. The van der Waals surface area contributed by atoms with Gasteiger partial charge < -0.3 is 9.32 Å². The molecule has 8 aromatic rings. The third-order valence-electron chi connectivity index (χ3n) is 12.8. The van der Waals surface area contributed by atoms with Crippen molar-refractivity contribution >= 4 is 39.0 Å². The number of furan rings is 1. The smallest absolute Gasteiger partial charge is 0.159 e. The molecule has 0 saturated carbocycles. The van der Waals surface area contributed by atoms with E-state index >= 15 is 0 Å². The van der Waals surface area contributed by atoms with E-state index in [1.165, 1.54) is 72.3 Å². The van der Waals surface area contributed by atoms with E-state index in [0.29, 0.717) is 0 Å². The summed E-state index contributed by atoms with van der Waals surface area (Å²) in [5.74, 6) is 0.287. The van der Waals surface area contributed by atoms with Crippen LogP contribution in [0.2, 0.25) is 0 Å². The van der Waals surface area contributed by atoms with E-state index in [-0.39, 0.29) is 16.7 Å². The van der Waals surface area contributed by atoms with Crippen LogP contribution in [-0.2, 0) is 10.8 Å². The van der Waals surface area contributed by atoms with Gasteiger partial charge in [0.1, 0.15) is 5.58 Å². The minimum atomic E-state index is -0.128. The van der Waals surface area contributed by atoms with E-state index in [1.54, 1.807) is 0 Å². The summed E-state index contributed by atoms with van der Waals surface area (Å²) in [5, 5.41) is 2.29.